The van der Waals surface area contributed by atoms with Gasteiger partial charge >= 0.3 is 5.97 Å². The molecule has 5 heteroatoms. The number of carboxylic acid groups (broad SMARTS) is 1. The summed E-state index contributed by atoms with van der Waals surface area (Å²) in [6.07, 6.45) is 3.38. The molecule has 0 saturated heterocycles. The SMILES string of the molecule is CCCC(CCC)C(=O)N[C@@H](CCO)C(=O)O. The standard InChI is InChI=1S/C12H23NO4/c1-3-5-9(6-4-2)11(15)13-10(7-8-14)12(16)17/h9-10,14H,3-8H2,1-2H3,(H,13,15)(H,16,17)/t10-/m0/s1. The van der Waals surface area contributed by atoms with Gasteiger partial charge in [0.05, 0.1) is 0 Å². The highest BCUT2D eigenvalue weighted by atomic mass is 16.4. The first kappa shape index (κ1) is 15.9. The molecular weight excluding hydrogens is 222 g/mol. The second kappa shape index (κ2) is 8.98. The average molecular weight is 245 g/mol. The maximum Gasteiger partial charge on any atom is 0.326 e. The molecule has 0 aromatic carbocycles. The molecule has 0 spiro atoms. The van der Waals surface area contributed by atoms with E-state index in [0.717, 1.165) is 25.7 Å². The number of aliphatic carboxylic acids is 1. The van der Waals surface area contributed by atoms with E-state index in [0.29, 0.717) is 0 Å². The van der Waals surface area contributed by atoms with Crippen LogP contribution in [0.1, 0.15) is 46.0 Å². The molecule has 0 bridgehead atoms. The van der Waals surface area contributed by atoms with E-state index < -0.39 is 12.0 Å². The summed E-state index contributed by atoms with van der Waals surface area (Å²) in [6.45, 7) is 3.75. The Bertz CT molecular complexity index is 237. The first-order chi connectivity index (χ1) is 8.06. The van der Waals surface area contributed by atoms with Crippen molar-refractivity contribution in [2.24, 2.45) is 5.92 Å². The van der Waals surface area contributed by atoms with Crippen molar-refractivity contribution >= 4 is 11.9 Å². The topological polar surface area (TPSA) is 86.6 Å². The molecule has 0 unspecified atom stereocenters. The van der Waals surface area contributed by atoms with Gasteiger partial charge in [0.1, 0.15) is 6.04 Å². The fourth-order valence-electron chi connectivity index (χ4n) is 1.78. The highest BCUT2D eigenvalue weighted by Crippen LogP contribution is 2.14. The Balaban J connectivity index is 4.38. The lowest BCUT2D eigenvalue weighted by molar-refractivity contribution is -0.143. The van der Waals surface area contributed by atoms with E-state index in [1.54, 1.807) is 0 Å². The minimum atomic E-state index is -1.10. The average Bonchev–Trinajstić information content (AvgIpc) is 2.28. The molecule has 5 nitrogen and oxygen atoms in total. The third-order valence-corrected chi connectivity index (χ3v) is 2.68. The van der Waals surface area contributed by atoms with Gasteiger partial charge in [0.2, 0.25) is 5.91 Å². The van der Waals surface area contributed by atoms with Crippen molar-refractivity contribution < 1.29 is 19.8 Å². The Morgan fingerprint density at radius 2 is 1.65 bits per heavy atom. The molecule has 0 fully saturated rings. The van der Waals surface area contributed by atoms with Crippen molar-refractivity contribution in [2.75, 3.05) is 6.61 Å². The van der Waals surface area contributed by atoms with Crippen LogP contribution in [0, 0.1) is 5.92 Å². The smallest absolute Gasteiger partial charge is 0.326 e. The number of nitrogens with one attached hydrogen (secondary N) is 1. The van der Waals surface area contributed by atoms with Crippen LogP contribution in [0.5, 0.6) is 0 Å². The first-order valence-electron chi connectivity index (χ1n) is 6.20. The molecule has 0 aliphatic rings. The largest absolute Gasteiger partial charge is 0.480 e. The van der Waals surface area contributed by atoms with Gasteiger partial charge in [-0.15, -0.1) is 0 Å². The van der Waals surface area contributed by atoms with Crippen molar-refractivity contribution in [3.05, 3.63) is 0 Å². The van der Waals surface area contributed by atoms with Gasteiger partial charge < -0.3 is 15.5 Å². The summed E-state index contributed by atoms with van der Waals surface area (Å²) in [5, 5.41) is 20.1. The minimum Gasteiger partial charge on any atom is -0.480 e. The first-order valence-corrected chi connectivity index (χ1v) is 6.20. The molecule has 0 aliphatic carbocycles. The summed E-state index contributed by atoms with van der Waals surface area (Å²) in [5.41, 5.74) is 0. The third kappa shape index (κ3) is 6.26. The molecule has 100 valence electrons. The van der Waals surface area contributed by atoms with E-state index in [4.69, 9.17) is 10.2 Å². The molecule has 1 atom stereocenters. The van der Waals surface area contributed by atoms with E-state index in [9.17, 15) is 9.59 Å². The molecule has 0 aromatic rings. The predicted molar refractivity (Wildman–Crippen MR) is 64.6 cm³/mol. The molecule has 3 N–H and O–H groups in total. The summed E-state index contributed by atoms with van der Waals surface area (Å²) < 4.78 is 0. The van der Waals surface area contributed by atoms with E-state index in [2.05, 4.69) is 5.32 Å². The van der Waals surface area contributed by atoms with Gasteiger partial charge in [-0.25, -0.2) is 4.79 Å². The van der Waals surface area contributed by atoms with E-state index >= 15 is 0 Å². The minimum absolute atomic E-state index is 0.0477. The fourth-order valence-corrected chi connectivity index (χ4v) is 1.78. The lowest BCUT2D eigenvalue weighted by Gasteiger charge is -2.19. The Morgan fingerprint density at radius 1 is 1.12 bits per heavy atom. The van der Waals surface area contributed by atoms with Gasteiger partial charge in [-0.05, 0) is 12.8 Å². The van der Waals surface area contributed by atoms with Crippen LogP contribution in [0.3, 0.4) is 0 Å². The van der Waals surface area contributed by atoms with Gasteiger partial charge in [-0.3, -0.25) is 4.79 Å². The highest BCUT2D eigenvalue weighted by Gasteiger charge is 2.23. The molecule has 0 heterocycles. The Kier molecular flexibility index (Phi) is 8.40. The number of rotatable bonds is 9. The molecule has 0 rings (SSSR count). The van der Waals surface area contributed by atoms with Crippen molar-refractivity contribution in [1.82, 2.24) is 5.32 Å². The molecule has 17 heavy (non-hydrogen) atoms. The van der Waals surface area contributed by atoms with Gasteiger partial charge in [0.15, 0.2) is 0 Å². The summed E-state index contributed by atoms with van der Waals surface area (Å²) in [6, 6.07) is -0.983. The van der Waals surface area contributed by atoms with Crippen LogP contribution in [0.2, 0.25) is 0 Å². The molecule has 0 aliphatic heterocycles. The lowest BCUT2D eigenvalue weighted by atomic mass is 9.97. The summed E-state index contributed by atoms with van der Waals surface area (Å²) >= 11 is 0. The second-order valence-electron chi connectivity index (χ2n) is 4.19. The zero-order valence-electron chi connectivity index (χ0n) is 10.6. The van der Waals surface area contributed by atoms with Crippen LogP contribution in [0.15, 0.2) is 0 Å². The van der Waals surface area contributed by atoms with Crippen LogP contribution in [-0.4, -0.2) is 34.7 Å². The Hall–Kier alpha value is -1.10. The van der Waals surface area contributed by atoms with Crippen molar-refractivity contribution in [3.63, 3.8) is 0 Å². The summed E-state index contributed by atoms with van der Waals surface area (Å²) in [4.78, 5) is 22.7. The molecule has 1 amide bonds. The predicted octanol–water partition coefficient (Wildman–Crippen LogP) is 1.15. The number of amides is 1. The van der Waals surface area contributed by atoms with E-state index in [-0.39, 0.29) is 24.9 Å². The lowest BCUT2D eigenvalue weighted by Crippen LogP contribution is -2.44. The zero-order chi connectivity index (χ0) is 13.3. The number of carboxylic acids is 1. The van der Waals surface area contributed by atoms with Gasteiger partial charge in [0.25, 0.3) is 0 Å². The third-order valence-electron chi connectivity index (χ3n) is 2.68. The normalized spacial score (nSPS) is 12.5. The maximum absolute atomic E-state index is 11.9. The number of aliphatic hydroxyl groups excluding tert-OH is 1. The van der Waals surface area contributed by atoms with Crippen LogP contribution in [-0.2, 0) is 9.59 Å². The highest BCUT2D eigenvalue weighted by molar-refractivity contribution is 5.84. The number of hydrogen-bond donors (Lipinski definition) is 3. The number of carbonyl (C=O) groups is 2. The van der Waals surface area contributed by atoms with Crippen LogP contribution < -0.4 is 5.32 Å². The van der Waals surface area contributed by atoms with Gasteiger partial charge in [-0.1, -0.05) is 26.7 Å². The second-order valence-corrected chi connectivity index (χ2v) is 4.19. The van der Waals surface area contributed by atoms with Crippen molar-refractivity contribution in [2.45, 2.75) is 52.0 Å². The van der Waals surface area contributed by atoms with Crippen LogP contribution in [0.25, 0.3) is 0 Å². The zero-order valence-corrected chi connectivity index (χ0v) is 10.6. The molecule has 0 saturated carbocycles. The monoisotopic (exact) mass is 245 g/mol. The fraction of sp³-hybridized carbons (Fsp3) is 0.833. The number of carbonyl (C=O) groups excluding carboxylic acids is 1. The maximum atomic E-state index is 11.9. The van der Waals surface area contributed by atoms with Crippen molar-refractivity contribution in [3.8, 4) is 0 Å². The quantitative estimate of drug-likeness (QED) is 0.569. The summed E-state index contributed by atoms with van der Waals surface area (Å²) in [7, 11) is 0. The van der Waals surface area contributed by atoms with E-state index in [1.807, 2.05) is 13.8 Å². The molecule has 0 radical (unpaired) electrons. The van der Waals surface area contributed by atoms with Gasteiger partial charge in [0, 0.05) is 18.9 Å². The number of aliphatic hydroxyl groups is 1. The van der Waals surface area contributed by atoms with Crippen molar-refractivity contribution in [1.29, 1.82) is 0 Å². The number of hydrogen-bond acceptors (Lipinski definition) is 3. The summed E-state index contributed by atoms with van der Waals surface area (Å²) in [5.74, 6) is -1.43. The Morgan fingerprint density at radius 3 is 2.00 bits per heavy atom. The Labute approximate surface area is 102 Å². The van der Waals surface area contributed by atoms with Gasteiger partial charge in [-0.2, -0.15) is 0 Å². The van der Waals surface area contributed by atoms with Crippen LogP contribution in [0.4, 0.5) is 0 Å². The van der Waals surface area contributed by atoms with Crippen LogP contribution >= 0.6 is 0 Å². The molecule has 0 aromatic heterocycles. The van der Waals surface area contributed by atoms with E-state index in [1.165, 1.54) is 0 Å². The molecular formula is C12H23NO4.